The van der Waals surface area contributed by atoms with Gasteiger partial charge in [0.05, 0.1) is 12.2 Å². The number of unbranched alkanes of at least 4 members (excludes halogenated alkanes) is 5. The fourth-order valence-corrected chi connectivity index (χ4v) is 6.15. The Labute approximate surface area is 303 Å². The zero-order valence-corrected chi connectivity index (χ0v) is 30.6. The third-order valence-electron chi connectivity index (χ3n) is 9.24. The van der Waals surface area contributed by atoms with Crippen molar-refractivity contribution in [3.63, 3.8) is 0 Å². The van der Waals surface area contributed by atoms with Crippen molar-refractivity contribution in [2.24, 2.45) is 5.92 Å². The van der Waals surface area contributed by atoms with Crippen molar-refractivity contribution in [3.8, 4) is 34.1 Å². The van der Waals surface area contributed by atoms with Crippen molar-refractivity contribution < 1.29 is 19.0 Å². The van der Waals surface area contributed by atoms with Gasteiger partial charge in [-0.3, -0.25) is 0 Å². The fraction of sp³-hybridized carbons (Fsp3) is 0.333. The summed E-state index contributed by atoms with van der Waals surface area (Å²) < 4.78 is 17.7. The average molecular weight is 687 g/mol. The number of ether oxygens (including phenoxy) is 3. The monoisotopic (exact) mass is 686 g/mol. The summed E-state index contributed by atoms with van der Waals surface area (Å²) in [5.41, 5.74) is 3.89. The molecule has 0 fully saturated rings. The van der Waals surface area contributed by atoms with Gasteiger partial charge < -0.3 is 14.2 Å². The fourth-order valence-electron chi connectivity index (χ4n) is 5.87. The molecule has 0 aliphatic carbocycles. The van der Waals surface area contributed by atoms with Crippen molar-refractivity contribution in [1.82, 2.24) is 0 Å². The summed E-state index contributed by atoms with van der Waals surface area (Å²) in [6.45, 7) is 7.51. The normalized spacial score (nSPS) is 11.7. The number of benzene rings is 5. The van der Waals surface area contributed by atoms with Gasteiger partial charge in [0, 0.05) is 6.42 Å². The highest BCUT2D eigenvalue weighted by Crippen LogP contribution is 2.28. The number of esters is 1. The predicted molar refractivity (Wildman–Crippen MR) is 211 cm³/mol. The van der Waals surface area contributed by atoms with E-state index >= 15 is 0 Å². The van der Waals surface area contributed by atoms with Crippen LogP contribution in [0.15, 0.2) is 109 Å². The molecule has 260 valence electrons. The van der Waals surface area contributed by atoms with Gasteiger partial charge in [-0.1, -0.05) is 120 Å². The van der Waals surface area contributed by atoms with Crippen LogP contribution >= 0.6 is 12.2 Å². The SMILES string of the molecule is CCCCCCCCOc1ccc(-c2ccc(Oc3ccc(C(=O)Oc4ccc5cc(CC(=S)CCC(C)CC)ccc5c4)cc3)cc2)cc1. The standard InChI is InChI=1S/C45H50O4S/c1-4-6-7-8-9-10-29-47-40-21-14-35(15-22-40)36-16-23-41(24-17-36)48-42-25-18-37(19-26-42)45(46)49-43-27-20-38-30-34(12-13-39(38)32-43)31-44(50)28-11-33(3)5-2/h12-27,30,32-33H,4-11,28-29,31H2,1-3H3. The maximum absolute atomic E-state index is 12.9. The maximum Gasteiger partial charge on any atom is 0.343 e. The molecule has 5 aromatic carbocycles. The number of carbonyl (C=O) groups is 1. The molecule has 0 N–H and O–H groups in total. The maximum atomic E-state index is 12.9. The van der Waals surface area contributed by atoms with Crippen molar-refractivity contribution >= 4 is 33.8 Å². The van der Waals surface area contributed by atoms with Crippen LogP contribution in [0.5, 0.6) is 23.0 Å². The molecule has 0 aliphatic heterocycles. The molecule has 1 atom stereocenters. The van der Waals surface area contributed by atoms with E-state index in [-0.39, 0.29) is 0 Å². The van der Waals surface area contributed by atoms with Gasteiger partial charge in [0.25, 0.3) is 0 Å². The van der Waals surface area contributed by atoms with Crippen LogP contribution in [0.3, 0.4) is 0 Å². The number of fused-ring (bicyclic) bond motifs is 1. The van der Waals surface area contributed by atoms with E-state index in [9.17, 15) is 4.79 Å². The van der Waals surface area contributed by atoms with Gasteiger partial charge in [-0.15, -0.1) is 0 Å². The largest absolute Gasteiger partial charge is 0.494 e. The summed E-state index contributed by atoms with van der Waals surface area (Å²) in [7, 11) is 0. The molecule has 5 rings (SSSR count). The number of hydrogen-bond donors (Lipinski definition) is 0. The first-order chi connectivity index (χ1) is 24.4. The Morgan fingerprint density at radius 1 is 0.660 bits per heavy atom. The van der Waals surface area contributed by atoms with E-state index < -0.39 is 5.97 Å². The molecule has 50 heavy (non-hydrogen) atoms. The first kappa shape index (κ1) is 36.8. The summed E-state index contributed by atoms with van der Waals surface area (Å²) in [6, 6.07) is 35.3. The summed E-state index contributed by atoms with van der Waals surface area (Å²) in [5, 5.41) is 2.12. The molecule has 0 radical (unpaired) electrons. The lowest BCUT2D eigenvalue weighted by molar-refractivity contribution is 0.0735. The van der Waals surface area contributed by atoms with Crippen LogP contribution in [0.1, 0.15) is 94.5 Å². The van der Waals surface area contributed by atoms with Crippen LogP contribution in [0.25, 0.3) is 21.9 Å². The lowest BCUT2D eigenvalue weighted by Gasteiger charge is -2.10. The first-order valence-corrected chi connectivity index (χ1v) is 18.7. The van der Waals surface area contributed by atoms with Crippen molar-refractivity contribution in [2.45, 2.75) is 85.0 Å². The molecule has 0 saturated carbocycles. The Bertz CT molecular complexity index is 1810. The zero-order valence-electron chi connectivity index (χ0n) is 29.8. The van der Waals surface area contributed by atoms with Gasteiger partial charge in [-0.05, 0) is 118 Å². The molecule has 0 amide bonds. The Balaban J connectivity index is 1.09. The van der Waals surface area contributed by atoms with Gasteiger partial charge in [0.1, 0.15) is 23.0 Å². The second-order valence-electron chi connectivity index (χ2n) is 13.3. The van der Waals surface area contributed by atoms with E-state index in [0.29, 0.717) is 23.0 Å². The highest BCUT2D eigenvalue weighted by molar-refractivity contribution is 7.80. The topological polar surface area (TPSA) is 44.8 Å². The molecule has 0 heterocycles. The van der Waals surface area contributed by atoms with Crippen LogP contribution in [0.2, 0.25) is 0 Å². The van der Waals surface area contributed by atoms with Gasteiger partial charge in [-0.2, -0.15) is 0 Å². The molecular weight excluding hydrogens is 637 g/mol. The lowest BCUT2D eigenvalue weighted by atomic mass is 9.98. The van der Waals surface area contributed by atoms with E-state index in [1.54, 1.807) is 24.3 Å². The molecule has 0 aliphatic rings. The van der Waals surface area contributed by atoms with Gasteiger partial charge >= 0.3 is 5.97 Å². The van der Waals surface area contributed by atoms with Gasteiger partial charge in [-0.25, -0.2) is 4.79 Å². The van der Waals surface area contributed by atoms with Crippen molar-refractivity contribution in [1.29, 1.82) is 0 Å². The summed E-state index contributed by atoms with van der Waals surface area (Å²) in [5.74, 6) is 3.07. The Kier molecular flexibility index (Phi) is 14.0. The lowest BCUT2D eigenvalue weighted by Crippen LogP contribution is -2.08. The minimum Gasteiger partial charge on any atom is -0.494 e. The third-order valence-corrected chi connectivity index (χ3v) is 9.58. The summed E-state index contributed by atoms with van der Waals surface area (Å²) >= 11 is 5.66. The quantitative estimate of drug-likeness (QED) is 0.0374. The molecule has 5 heteroatoms. The smallest absolute Gasteiger partial charge is 0.343 e. The highest BCUT2D eigenvalue weighted by Gasteiger charge is 2.11. The first-order valence-electron chi connectivity index (χ1n) is 18.3. The zero-order chi connectivity index (χ0) is 35.1. The number of rotatable bonds is 19. The second-order valence-corrected chi connectivity index (χ2v) is 13.9. The minimum absolute atomic E-state index is 0.414. The summed E-state index contributed by atoms with van der Waals surface area (Å²) in [6.07, 6.45) is 11.7. The highest BCUT2D eigenvalue weighted by atomic mass is 32.1. The van der Waals surface area contributed by atoms with Gasteiger partial charge in [0.15, 0.2) is 0 Å². The summed E-state index contributed by atoms with van der Waals surface area (Å²) in [4.78, 5) is 14.0. The molecule has 0 saturated heterocycles. The van der Waals surface area contributed by atoms with Crippen LogP contribution in [-0.2, 0) is 6.42 Å². The number of thiocarbonyl (C=S) groups is 1. The molecule has 1 unspecified atom stereocenters. The van der Waals surface area contributed by atoms with E-state index in [4.69, 9.17) is 26.4 Å². The average Bonchev–Trinajstić information content (AvgIpc) is 3.14. The Morgan fingerprint density at radius 2 is 1.24 bits per heavy atom. The van der Waals surface area contributed by atoms with Crippen molar-refractivity contribution in [3.05, 3.63) is 120 Å². The molecular formula is C45H50O4S. The third kappa shape index (κ3) is 11.3. The second kappa shape index (κ2) is 19.1. The Morgan fingerprint density at radius 3 is 1.92 bits per heavy atom. The molecule has 0 aromatic heterocycles. The molecule has 0 spiro atoms. The van der Waals surface area contributed by atoms with Crippen molar-refractivity contribution in [2.75, 3.05) is 6.61 Å². The van der Waals surface area contributed by atoms with E-state index in [0.717, 1.165) is 70.6 Å². The van der Waals surface area contributed by atoms with Crippen LogP contribution in [-0.4, -0.2) is 17.4 Å². The number of carbonyl (C=O) groups excluding carboxylic acids is 1. The van der Waals surface area contributed by atoms with Gasteiger partial charge in [0.2, 0.25) is 0 Å². The van der Waals surface area contributed by atoms with E-state index in [2.05, 4.69) is 51.1 Å². The predicted octanol–water partition coefficient (Wildman–Crippen LogP) is 13.0. The number of hydrogen-bond acceptors (Lipinski definition) is 5. The van der Waals surface area contributed by atoms with E-state index in [1.807, 2.05) is 54.6 Å². The van der Waals surface area contributed by atoms with E-state index in [1.165, 1.54) is 44.1 Å². The van der Waals surface area contributed by atoms with Crippen LogP contribution in [0, 0.1) is 5.92 Å². The minimum atomic E-state index is -0.414. The van der Waals surface area contributed by atoms with Crippen LogP contribution in [0.4, 0.5) is 0 Å². The Hall–Kier alpha value is -4.48. The molecule has 5 aromatic rings. The molecule has 0 bridgehead atoms. The van der Waals surface area contributed by atoms with Crippen LogP contribution < -0.4 is 14.2 Å². The molecule has 4 nitrogen and oxygen atoms in total.